The van der Waals surface area contributed by atoms with E-state index in [1.807, 2.05) is 29.2 Å². The highest BCUT2D eigenvalue weighted by Gasteiger charge is 2.15. The fourth-order valence-corrected chi connectivity index (χ4v) is 2.34. The Morgan fingerprint density at radius 2 is 1.83 bits per heavy atom. The highest BCUT2D eigenvalue weighted by atomic mass is 16.5. The molecule has 1 fully saturated rings. The molecule has 1 saturated heterocycles. The molecule has 0 spiro atoms. The summed E-state index contributed by atoms with van der Waals surface area (Å²) >= 11 is 0. The summed E-state index contributed by atoms with van der Waals surface area (Å²) in [7, 11) is 1.66. The van der Waals surface area contributed by atoms with Crippen LogP contribution in [-0.4, -0.2) is 31.0 Å². The predicted octanol–water partition coefficient (Wildman–Crippen LogP) is 2.64. The molecule has 1 aromatic carbocycles. The Kier molecular flexibility index (Phi) is 4.62. The standard InChI is InChI=1S/C15H21NO2/c1-18-14-8-5-13(6-9-14)7-10-15(17)16-11-3-2-4-12-16/h5-6,8-9H,2-4,7,10-12H2,1H3. The number of benzene rings is 1. The van der Waals surface area contributed by atoms with Gasteiger partial charge < -0.3 is 9.64 Å². The minimum absolute atomic E-state index is 0.297. The number of carbonyl (C=O) groups excluding carboxylic acids is 1. The third-order valence-electron chi connectivity index (χ3n) is 3.50. The molecule has 0 aromatic heterocycles. The second-order valence-electron chi connectivity index (χ2n) is 4.79. The van der Waals surface area contributed by atoms with Crippen LogP contribution in [0, 0.1) is 0 Å². The fraction of sp³-hybridized carbons (Fsp3) is 0.533. The van der Waals surface area contributed by atoms with Gasteiger partial charge in [0.15, 0.2) is 0 Å². The van der Waals surface area contributed by atoms with Crippen LogP contribution in [0.5, 0.6) is 5.75 Å². The van der Waals surface area contributed by atoms with Crippen LogP contribution in [0.4, 0.5) is 0 Å². The first-order valence-corrected chi connectivity index (χ1v) is 6.70. The van der Waals surface area contributed by atoms with Gasteiger partial charge in [0.05, 0.1) is 7.11 Å². The largest absolute Gasteiger partial charge is 0.497 e. The van der Waals surface area contributed by atoms with E-state index in [1.54, 1.807) is 7.11 Å². The van der Waals surface area contributed by atoms with Crippen molar-refractivity contribution in [3.8, 4) is 5.75 Å². The van der Waals surface area contributed by atoms with Crippen LogP contribution in [-0.2, 0) is 11.2 Å². The van der Waals surface area contributed by atoms with Crippen molar-refractivity contribution in [2.75, 3.05) is 20.2 Å². The van der Waals surface area contributed by atoms with E-state index in [0.29, 0.717) is 12.3 Å². The molecule has 1 aromatic rings. The Bertz CT molecular complexity index is 380. The van der Waals surface area contributed by atoms with E-state index in [-0.39, 0.29) is 0 Å². The van der Waals surface area contributed by atoms with Gasteiger partial charge in [0.2, 0.25) is 5.91 Å². The number of piperidine rings is 1. The van der Waals surface area contributed by atoms with E-state index >= 15 is 0 Å². The van der Waals surface area contributed by atoms with Gasteiger partial charge >= 0.3 is 0 Å². The van der Waals surface area contributed by atoms with E-state index in [9.17, 15) is 4.79 Å². The molecule has 0 bridgehead atoms. The Balaban J connectivity index is 1.80. The second kappa shape index (κ2) is 6.43. The summed E-state index contributed by atoms with van der Waals surface area (Å²) in [6.07, 6.45) is 5.02. The number of hydrogen-bond acceptors (Lipinski definition) is 2. The minimum atomic E-state index is 0.297. The molecule has 0 aliphatic carbocycles. The third-order valence-corrected chi connectivity index (χ3v) is 3.50. The summed E-state index contributed by atoms with van der Waals surface area (Å²) in [4.78, 5) is 14.0. The first kappa shape index (κ1) is 12.9. The van der Waals surface area contributed by atoms with E-state index in [2.05, 4.69) is 0 Å². The van der Waals surface area contributed by atoms with E-state index in [0.717, 1.165) is 38.1 Å². The molecule has 0 unspecified atom stereocenters. The van der Waals surface area contributed by atoms with Crippen LogP contribution < -0.4 is 4.74 Å². The summed E-state index contributed by atoms with van der Waals surface area (Å²) in [6.45, 7) is 1.89. The van der Waals surface area contributed by atoms with Gasteiger partial charge in [0.25, 0.3) is 0 Å². The third kappa shape index (κ3) is 3.49. The first-order valence-electron chi connectivity index (χ1n) is 6.70. The maximum Gasteiger partial charge on any atom is 0.222 e. The predicted molar refractivity (Wildman–Crippen MR) is 71.7 cm³/mol. The molecule has 18 heavy (non-hydrogen) atoms. The SMILES string of the molecule is COc1ccc(CCC(=O)N2CCCCC2)cc1. The maximum absolute atomic E-state index is 12.0. The van der Waals surface area contributed by atoms with Gasteiger partial charge in [-0.25, -0.2) is 0 Å². The number of nitrogens with zero attached hydrogens (tertiary/aromatic N) is 1. The van der Waals surface area contributed by atoms with Crippen molar-refractivity contribution in [1.82, 2.24) is 4.90 Å². The molecule has 3 nitrogen and oxygen atoms in total. The van der Waals surface area contributed by atoms with E-state index in [4.69, 9.17) is 4.74 Å². The quantitative estimate of drug-likeness (QED) is 0.818. The summed E-state index contributed by atoms with van der Waals surface area (Å²) in [5.74, 6) is 1.16. The fourth-order valence-electron chi connectivity index (χ4n) is 2.34. The van der Waals surface area contributed by atoms with Crippen LogP contribution in [0.25, 0.3) is 0 Å². The molecule has 0 atom stereocenters. The van der Waals surface area contributed by atoms with Gasteiger partial charge in [0.1, 0.15) is 5.75 Å². The van der Waals surface area contributed by atoms with Crippen LogP contribution >= 0.6 is 0 Å². The van der Waals surface area contributed by atoms with Gasteiger partial charge in [-0.05, 0) is 43.4 Å². The lowest BCUT2D eigenvalue weighted by Gasteiger charge is -2.26. The van der Waals surface area contributed by atoms with Crippen molar-refractivity contribution in [2.45, 2.75) is 32.1 Å². The van der Waals surface area contributed by atoms with Crippen LogP contribution in [0.3, 0.4) is 0 Å². The Morgan fingerprint density at radius 1 is 1.17 bits per heavy atom. The monoisotopic (exact) mass is 247 g/mol. The molecule has 98 valence electrons. The van der Waals surface area contributed by atoms with Crippen molar-refractivity contribution >= 4 is 5.91 Å². The summed E-state index contributed by atoms with van der Waals surface area (Å²) in [5.41, 5.74) is 1.20. The topological polar surface area (TPSA) is 29.5 Å². The highest BCUT2D eigenvalue weighted by Crippen LogP contribution is 2.14. The number of carbonyl (C=O) groups is 1. The molecule has 2 rings (SSSR count). The highest BCUT2D eigenvalue weighted by molar-refractivity contribution is 5.76. The lowest BCUT2D eigenvalue weighted by Crippen LogP contribution is -2.35. The molecule has 0 saturated carbocycles. The normalized spacial score (nSPS) is 15.5. The van der Waals surface area contributed by atoms with E-state index in [1.165, 1.54) is 12.0 Å². The molecule has 3 heteroatoms. The minimum Gasteiger partial charge on any atom is -0.497 e. The molecule has 0 N–H and O–H groups in total. The molecule has 1 heterocycles. The molecule has 0 radical (unpaired) electrons. The Hall–Kier alpha value is -1.51. The second-order valence-corrected chi connectivity index (χ2v) is 4.79. The van der Waals surface area contributed by atoms with Crippen LogP contribution in [0.1, 0.15) is 31.2 Å². The smallest absolute Gasteiger partial charge is 0.222 e. The number of aryl methyl sites for hydroxylation is 1. The molecule has 1 aliphatic heterocycles. The van der Waals surface area contributed by atoms with E-state index < -0.39 is 0 Å². The number of rotatable bonds is 4. The lowest BCUT2D eigenvalue weighted by atomic mass is 10.1. The summed E-state index contributed by atoms with van der Waals surface area (Å²) < 4.78 is 5.11. The Labute approximate surface area is 109 Å². The van der Waals surface area contributed by atoms with Gasteiger partial charge in [-0.1, -0.05) is 12.1 Å². The zero-order chi connectivity index (χ0) is 12.8. The Morgan fingerprint density at radius 3 is 2.44 bits per heavy atom. The van der Waals surface area contributed by atoms with Crippen molar-refractivity contribution in [3.63, 3.8) is 0 Å². The van der Waals surface area contributed by atoms with Gasteiger partial charge in [-0.2, -0.15) is 0 Å². The van der Waals surface area contributed by atoms with Gasteiger partial charge in [-0.15, -0.1) is 0 Å². The maximum atomic E-state index is 12.0. The van der Waals surface area contributed by atoms with Crippen LogP contribution in [0.15, 0.2) is 24.3 Å². The summed E-state index contributed by atoms with van der Waals surface area (Å²) in [6, 6.07) is 7.95. The zero-order valence-electron chi connectivity index (χ0n) is 11.0. The van der Waals surface area contributed by atoms with Crippen molar-refractivity contribution in [1.29, 1.82) is 0 Å². The molecule has 1 aliphatic rings. The number of ether oxygens (including phenoxy) is 1. The number of methoxy groups -OCH3 is 1. The number of amides is 1. The molecular formula is C15H21NO2. The molecular weight excluding hydrogens is 226 g/mol. The van der Waals surface area contributed by atoms with Crippen molar-refractivity contribution < 1.29 is 9.53 Å². The van der Waals surface area contributed by atoms with Crippen molar-refractivity contribution in [3.05, 3.63) is 29.8 Å². The van der Waals surface area contributed by atoms with Crippen molar-refractivity contribution in [2.24, 2.45) is 0 Å². The lowest BCUT2D eigenvalue weighted by molar-refractivity contribution is -0.132. The first-order chi connectivity index (χ1) is 8.79. The average Bonchev–Trinajstić information content (AvgIpc) is 2.46. The van der Waals surface area contributed by atoms with Gasteiger partial charge in [-0.3, -0.25) is 4.79 Å². The van der Waals surface area contributed by atoms with Gasteiger partial charge in [0, 0.05) is 19.5 Å². The number of likely N-dealkylation sites (tertiary alicyclic amines) is 1. The molecule has 1 amide bonds. The summed E-state index contributed by atoms with van der Waals surface area (Å²) in [5, 5.41) is 0. The zero-order valence-corrected chi connectivity index (χ0v) is 11.0. The van der Waals surface area contributed by atoms with Crippen LogP contribution in [0.2, 0.25) is 0 Å². The number of hydrogen-bond donors (Lipinski definition) is 0. The average molecular weight is 247 g/mol.